The molecule has 2 unspecified atom stereocenters. The fourth-order valence-corrected chi connectivity index (χ4v) is 3.78. The van der Waals surface area contributed by atoms with Gasteiger partial charge in [-0.3, -0.25) is 4.79 Å². The van der Waals surface area contributed by atoms with Crippen LogP contribution in [0, 0.1) is 5.92 Å². The maximum atomic E-state index is 12.1. The maximum Gasteiger partial charge on any atom is 0.138 e. The molecule has 0 bridgehead atoms. The highest BCUT2D eigenvalue weighted by molar-refractivity contribution is 5.93. The van der Waals surface area contributed by atoms with E-state index < -0.39 is 0 Å². The first kappa shape index (κ1) is 11.0. The van der Waals surface area contributed by atoms with Crippen LogP contribution in [0.1, 0.15) is 30.7 Å². The lowest BCUT2D eigenvalue weighted by Crippen LogP contribution is -2.36. The van der Waals surface area contributed by atoms with Gasteiger partial charge in [-0.15, -0.1) is 0 Å². The van der Waals surface area contributed by atoms with Crippen molar-refractivity contribution in [1.82, 2.24) is 0 Å². The van der Waals surface area contributed by atoms with Gasteiger partial charge in [-0.25, -0.2) is 0 Å². The highest BCUT2D eigenvalue weighted by Crippen LogP contribution is 2.45. The number of anilines is 1. The smallest absolute Gasteiger partial charge is 0.138 e. The molecular formula is C17H17NO. The fraction of sp³-hybridized carbons (Fsp3) is 0.353. The molecule has 0 spiro atoms. The maximum absolute atomic E-state index is 12.1. The Morgan fingerprint density at radius 1 is 1.05 bits per heavy atom. The minimum absolute atomic E-state index is 0.187. The number of Topliss-reactive ketones (excluding diaryl/α,β-unsaturated/α-hetero) is 1. The standard InChI is InChI=1S/C17H17NO/c19-16-7-3-6-13-14(16)10-18-15-9-8-11-4-1-2-5-12(11)17(13)15/h1-2,4-5,8-9,13-14,18H,3,6-7,10H2. The van der Waals surface area contributed by atoms with Crippen LogP contribution in [0.15, 0.2) is 36.4 Å². The molecule has 1 fully saturated rings. The third-order valence-electron chi connectivity index (χ3n) is 4.69. The summed E-state index contributed by atoms with van der Waals surface area (Å²) >= 11 is 0. The van der Waals surface area contributed by atoms with Crippen LogP contribution in [-0.4, -0.2) is 12.3 Å². The van der Waals surface area contributed by atoms with E-state index in [4.69, 9.17) is 0 Å². The summed E-state index contributed by atoms with van der Waals surface area (Å²) in [6.45, 7) is 0.814. The van der Waals surface area contributed by atoms with E-state index in [0.29, 0.717) is 11.7 Å². The molecule has 1 N–H and O–H groups in total. The zero-order valence-electron chi connectivity index (χ0n) is 10.9. The second-order valence-corrected chi connectivity index (χ2v) is 5.70. The molecule has 2 atom stereocenters. The number of fused-ring (bicyclic) bond motifs is 5. The van der Waals surface area contributed by atoms with Gasteiger partial charge in [0.15, 0.2) is 0 Å². The number of ketones is 1. The van der Waals surface area contributed by atoms with E-state index in [1.165, 1.54) is 22.0 Å². The Bertz CT molecular complexity index is 661. The Hall–Kier alpha value is -1.83. The van der Waals surface area contributed by atoms with E-state index in [9.17, 15) is 4.79 Å². The van der Waals surface area contributed by atoms with Crippen LogP contribution >= 0.6 is 0 Å². The predicted octanol–water partition coefficient (Wildman–Crippen LogP) is 3.72. The van der Waals surface area contributed by atoms with Gasteiger partial charge in [-0.1, -0.05) is 30.3 Å². The molecule has 2 nitrogen and oxygen atoms in total. The van der Waals surface area contributed by atoms with Crippen molar-refractivity contribution in [2.24, 2.45) is 5.92 Å². The van der Waals surface area contributed by atoms with Gasteiger partial charge in [-0.05, 0) is 41.2 Å². The minimum atomic E-state index is 0.187. The summed E-state index contributed by atoms with van der Waals surface area (Å²) in [6, 6.07) is 12.9. The zero-order chi connectivity index (χ0) is 12.8. The molecule has 96 valence electrons. The Morgan fingerprint density at radius 3 is 2.89 bits per heavy atom. The molecule has 1 aliphatic carbocycles. The Balaban J connectivity index is 1.95. The Labute approximate surface area is 112 Å². The van der Waals surface area contributed by atoms with Crippen molar-refractivity contribution in [3.63, 3.8) is 0 Å². The molecule has 0 radical (unpaired) electrons. The van der Waals surface area contributed by atoms with Gasteiger partial charge in [0.25, 0.3) is 0 Å². The first-order valence-electron chi connectivity index (χ1n) is 7.13. The average Bonchev–Trinajstić information content (AvgIpc) is 2.47. The first-order chi connectivity index (χ1) is 9.34. The van der Waals surface area contributed by atoms with E-state index in [0.717, 1.165) is 25.8 Å². The molecule has 1 saturated carbocycles. The van der Waals surface area contributed by atoms with Crippen LogP contribution < -0.4 is 5.32 Å². The number of carbonyl (C=O) groups excluding carboxylic acids is 1. The predicted molar refractivity (Wildman–Crippen MR) is 77.5 cm³/mol. The van der Waals surface area contributed by atoms with Gasteiger partial charge in [0.1, 0.15) is 5.78 Å². The van der Waals surface area contributed by atoms with E-state index in [-0.39, 0.29) is 5.92 Å². The second kappa shape index (κ2) is 4.09. The number of rotatable bonds is 0. The van der Waals surface area contributed by atoms with Crippen molar-refractivity contribution in [1.29, 1.82) is 0 Å². The molecule has 19 heavy (non-hydrogen) atoms. The van der Waals surface area contributed by atoms with Crippen molar-refractivity contribution >= 4 is 22.2 Å². The summed E-state index contributed by atoms with van der Waals surface area (Å²) in [6.07, 6.45) is 2.96. The van der Waals surface area contributed by atoms with Crippen LogP contribution in [0.3, 0.4) is 0 Å². The summed E-state index contributed by atoms with van der Waals surface area (Å²) < 4.78 is 0. The summed E-state index contributed by atoms with van der Waals surface area (Å²) in [5.74, 6) is 1.05. The van der Waals surface area contributed by atoms with Gasteiger partial charge >= 0.3 is 0 Å². The third kappa shape index (κ3) is 1.59. The van der Waals surface area contributed by atoms with Crippen molar-refractivity contribution in [3.05, 3.63) is 42.0 Å². The molecule has 4 rings (SSSR count). The first-order valence-corrected chi connectivity index (χ1v) is 7.13. The van der Waals surface area contributed by atoms with Crippen LogP contribution in [0.25, 0.3) is 10.8 Å². The molecule has 2 aromatic carbocycles. The SMILES string of the molecule is O=C1CCCC2c3c(ccc4ccccc34)NCC12. The molecule has 0 saturated heterocycles. The topological polar surface area (TPSA) is 29.1 Å². The number of hydrogen-bond donors (Lipinski definition) is 1. The highest BCUT2D eigenvalue weighted by atomic mass is 16.1. The van der Waals surface area contributed by atoms with Crippen LogP contribution in [0.2, 0.25) is 0 Å². The lowest BCUT2D eigenvalue weighted by Gasteiger charge is -2.37. The van der Waals surface area contributed by atoms with E-state index in [1.807, 2.05) is 0 Å². The van der Waals surface area contributed by atoms with Crippen molar-refractivity contribution in [2.45, 2.75) is 25.2 Å². The summed E-state index contributed by atoms with van der Waals surface area (Å²) in [5.41, 5.74) is 2.61. The van der Waals surface area contributed by atoms with Gasteiger partial charge < -0.3 is 5.32 Å². The van der Waals surface area contributed by atoms with Gasteiger partial charge in [0.2, 0.25) is 0 Å². The average molecular weight is 251 g/mol. The lowest BCUT2D eigenvalue weighted by atomic mass is 9.71. The summed E-state index contributed by atoms with van der Waals surface area (Å²) in [7, 11) is 0. The van der Waals surface area contributed by atoms with Crippen molar-refractivity contribution < 1.29 is 4.79 Å². The van der Waals surface area contributed by atoms with Crippen molar-refractivity contribution in [2.75, 3.05) is 11.9 Å². The molecule has 0 aromatic heterocycles. The summed E-state index contributed by atoms with van der Waals surface area (Å²) in [5, 5.41) is 6.06. The largest absolute Gasteiger partial charge is 0.384 e. The monoisotopic (exact) mass is 251 g/mol. The van der Waals surface area contributed by atoms with Crippen LogP contribution in [0.5, 0.6) is 0 Å². The second-order valence-electron chi connectivity index (χ2n) is 5.70. The minimum Gasteiger partial charge on any atom is -0.384 e. The quantitative estimate of drug-likeness (QED) is 0.773. The third-order valence-corrected chi connectivity index (χ3v) is 4.69. The van der Waals surface area contributed by atoms with Crippen LogP contribution in [0.4, 0.5) is 5.69 Å². The Kier molecular flexibility index (Phi) is 2.37. The molecule has 1 aliphatic heterocycles. The van der Waals surface area contributed by atoms with Crippen LogP contribution in [-0.2, 0) is 4.79 Å². The van der Waals surface area contributed by atoms with E-state index in [2.05, 4.69) is 41.7 Å². The molecule has 2 aliphatic rings. The Morgan fingerprint density at radius 2 is 1.95 bits per heavy atom. The zero-order valence-corrected chi connectivity index (χ0v) is 10.9. The normalized spacial score (nSPS) is 25.6. The lowest BCUT2D eigenvalue weighted by molar-refractivity contribution is -0.124. The number of carbonyl (C=O) groups is 1. The van der Waals surface area contributed by atoms with Gasteiger partial charge in [0, 0.05) is 24.6 Å². The molecule has 2 heteroatoms. The van der Waals surface area contributed by atoms with E-state index >= 15 is 0 Å². The number of hydrogen-bond acceptors (Lipinski definition) is 2. The fourth-order valence-electron chi connectivity index (χ4n) is 3.78. The van der Waals surface area contributed by atoms with Crippen molar-refractivity contribution in [3.8, 4) is 0 Å². The number of benzene rings is 2. The van der Waals surface area contributed by atoms with Gasteiger partial charge in [0.05, 0.1) is 0 Å². The summed E-state index contributed by atoms with van der Waals surface area (Å²) in [4.78, 5) is 12.1. The molecular weight excluding hydrogens is 234 g/mol. The molecule has 2 aromatic rings. The van der Waals surface area contributed by atoms with E-state index in [1.54, 1.807) is 0 Å². The molecule has 0 amide bonds. The molecule has 1 heterocycles. The van der Waals surface area contributed by atoms with Gasteiger partial charge in [-0.2, -0.15) is 0 Å². The highest BCUT2D eigenvalue weighted by Gasteiger charge is 2.37. The number of nitrogens with one attached hydrogen (secondary N) is 1.